The van der Waals surface area contributed by atoms with E-state index in [1.807, 2.05) is 18.2 Å². The zero-order chi connectivity index (χ0) is 14.2. The summed E-state index contributed by atoms with van der Waals surface area (Å²) in [5.74, 6) is -0.430. The third kappa shape index (κ3) is 2.46. The molecule has 0 heterocycles. The van der Waals surface area contributed by atoms with Crippen LogP contribution in [-0.4, -0.2) is 11.2 Å². The zero-order valence-electron chi connectivity index (χ0n) is 11.0. The maximum absolute atomic E-state index is 13.5. The van der Waals surface area contributed by atoms with E-state index in [1.54, 1.807) is 12.1 Å². The summed E-state index contributed by atoms with van der Waals surface area (Å²) in [6, 6.07) is 14.8. The Morgan fingerprint density at radius 2 is 1.85 bits per heavy atom. The molecule has 1 saturated carbocycles. The standard InChI is InChI=1S/C17H16ClFO/c18-14-7-6-12(10-15(14)19)11-16(20)17(8-9-17)13-4-2-1-3-5-13/h1-7,10,16,20H,8-9,11H2. The van der Waals surface area contributed by atoms with Crippen molar-refractivity contribution in [2.24, 2.45) is 0 Å². The largest absolute Gasteiger partial charge is 0.392 e. The molecule has 3 rings (SSSR count). The molecular weight excluding hydrogens is 275 g/mol. The number of aliphatic hydroxyl groups is 1. The summed E-state index contributed by atoms with van der Waals surface area (Å²) in [4.78, 5) is 0. The Morgan fingerprint density at radius 1 is 1.15 bits per heavy atom. The van der Waals surface area contributed by atoms with E-state index < -0.39 is 11.9 Å². The maximum Gasteiger partial charge on any atom is 0.142 e. The summed E-state index contributed by atoms with van der Waals surface area (Å²) in [5, 5.41) is 10.7. The molecule has 0 aromatic heterocycles. The Bertz CT molecular complexity index is 608. The van der Waals surface area contributed by atoms with Gasteiger partial charge in [-0.2, -0.15) is 0 Å². The minimum Gasteiger partial charge on any atom is -0.392 e. The van der Waals surface area contributed by atoms with Gasteiger partial charge in [0.1, 0.15) is 5.82 Å². The molecule has 2 aromatic carbocycles. The molecule has 0 aliphatic heterocycles. The van der Waals surface area contributed by atoms with E-state index in [2.05, 4.69) is 12.1 Å². The van der Waals surface area contributed by atoms with Crippen LogP contribution < -0.4 is 0 Å². The Labute approximate surface area is 123 Å². The van der Waals surface area contributed by atoms with Crippen molar-refractivity contribution in [3.8, 4) is 0 Å². The molecule has 1 N–H and O–H groups in total. The van der Waals surface area contributed by atoms with Crippen LogP contribution in [-0.2, 0) is 11.8 Å². The van der Waals surface area contributed by atoms with Crippen LogP contribution in [0.4, 0.5) is 4.39 Å². The number of benzene rings is 2. The average molecular weight is 291 g/mol. The second-order valence-corrected chi connectivity index (χ2v) is 5.90. The van der Waals surface area contributed by atoms with Crippen LogP contribution in [0.2, 0.25) is 5.02 Å². The molecule has 1 fully saturated rings. The van der Waals surface area contributed by atoms with Crippen molar-refractivity contribution in [2.45, 2.75) is 30.8 Å². The van der Waals surface area contributed by atoms with Gasteiger partial charge in [0, 0.05) is 5.41 Å². The number of hydrogen-bond acceptors (Lipinski definition) is 1. The Kier molecular flexibility index (Phi) is 3.53. The van der Waals surface area contributed by atoms with Crippen LogP contribution in [0.15, 0.2) is 48.5 Å². The molecule has 1 nitrogen and oxygen atoms in total. The molecule has 1 aliphatic carbocycles. The molecule has 2 aromatic rings. The van der Waals surface area contributed by atoms with Gasteiger partial charge in [-0.25, -0.2) is 4.39 Å². The lowest BCUT2D eigenvalue weighted by Crippen LogP contribution is -2.28. The zero-order valence-corrected chi connectivity index (χ0v) is 11.8. The maximum atomic E-state index is 13.5. The van der Waals surface area contributed by atoms with Crippen molar-refractivity contribution in [1.29, 1.82) is 0 Å². The van der Waals surface area contributed by atoms with Crippen molar-refractivity contribution in [3.05, 3.63) is 70.5 Å². The first kappa shape index (κ1) is 13.6. The molecule has 3 heteroatoms. The van der Waals surface area contributed by atoms with Crippen molar-refractivity contribution >= 4 is 11.6 Å². The Hall–Kier alpha value is -1.38. The molecule has 0 spiro atoms. The predicted octanol–water partition coefficient (Wildman–Crippen LogP) is 4.11. The van der Waals surface area contributed by atoms with Gasteiger partial charge in [0.25, 0.3) is 0 Å². The lowest BCUT2D eigenvalue weighted by atomic mass is 9.86. The van der Waals surface area contributed by atoms with Crippen molar-refractivity contribution < 1.29 is 9.50 Å². The van der Waals surface area contributed by atoms with Gasteiger partial charge < -0.3 is 5.11 Å². The lowest BCUT2D eigenvalue weighted by molar-refractivity contribution is 0.131. The van der Waals surface area contributed by atoms with Gasteiger partial charge in [-0.15, -0.1) is 0 Å². The van der Waals surface area contributed by atoms with Gasteiger partial charge >= 0.3 is 0 Å². The van der Waals surface area contributed by atoms with Gasteiger partial charge in [-0.3, -0.25) is 0 Å². The van der Waals surface area contributed by atoms with Crippen LogP contribution in [0, 0.1) is 5.82 Å². The number of aliphatic hydroxyl groups excluding tert-OH is 1. The van der Waals surface area contributed by atoms with Crippen LogP contribution in [0.25, 0.3) is 0 Å². The predicted molar refractivity (Wildman–Crippen MR) is 78.5 cm³/mol. The van der Waals surface area contributed by atoms with Crippen molar-refractivity contribution in [2.75, 3.05) is 0 Å². The molecule has 1 atom stereocenters. The van der Waals surface area contributed by atoms with E-state index in [-0.39, 0.29) is 10.4 Å². The lowest BCUT2D eigenvalue weighted by Gasteiger charge is -2.23. The van der Waals surface area contributed by atoms with Crippen LogP contribution >= 0.6 is 11.6 Å². The fourth-order valence-corrected chi connectivity index (χ4v) is 2.92. The summed E-state index contributed by atoms with van der Waals surface area (Å²) in [7, 11) is 0. The van der Waals surface area contributed by atoms with Gasteiger partial charge in [0.05, 0.1) is 11.1 Å². The Morgan fingerprint density at radius 3 is 2.45 bits per heavy atom. The smallest absolute Gasteiger partial charge is 0.142 e. The first-order chi connectivity index (χ1) is 9.62. The van der Waals surface area contributed by atoms with Gasteiger partial charge in [-0.05, 0) is 42.5 Å². The van der Waals surface area contributed by atoms with E-state index in [9.17, 15) is 9.50 Å². The first-order valence-electron chi connectivity index (χ1n) is 6.79. The van der Waals surface area contributed by atoms with Gasteiger partial charge in [0.2, 0.25) is 0 Å². The van der Waals surface area contributed by atoms with Crippen LogP contribution in [0.3, 0.4) is 0 Å². The van der Waals surface area contributed by atoms with E-state index in [0.717, 1.165) is 18.4 Å². The van der Waals surface area contributed by atoms with E-state index in [0.29, 0.717) is 6.42 Å². The summed E-state index contributed by atoms with van der Waals surface area (Å²) in [6.45, 7) is 0. The third-order valence-corrected chi connectivity index (χ3v) is 4.49. The highest BCUT2D eigenvalue weighted by molar-refractivity contribution is 6.30. The minimum atomic E-state index is -0.495. The minimum absolute atomic E-state index is 0.118. The molecule has 20 heavy (non-hydrogen) atoms. The Balaban J connectivity index is 1.79. The van der Waals surface area contributed by atoms with Crippen molar-refractivity contribution in [3.63, 3.8) is 0 Å². The second kappa shape index (κ2) is 5.19. The van der Waals surface area contributed by atoms with Crippen LogP contribution in [0.1, 0.15) is 24.0 Å². The fourth-order valence-electron chi connectivity index (χ4n) is 2.80. The topological polar surface area (TPSA) is 20.2 Å². The highest BCUT2D eigenvalue weighted by Gasteiger charge is 2.49. The summed E-state index contributed by atoms with van der Waals surface area (Å²) < 4.78 is 13.5. The normalized spacial score (nSPS) is 17.8. The number of halogens is 2. The van der Waals surface area contributed by atoms with Gasteiger partial charge in [0.15, 0.2) is 0 Å². The SMILES string of the molecule is OC(Cc1ccc(Cl)c(F)c1)C1(c2ccccc2)CC1. The van der Waals surface area contributed by atoms with E-state index in [4.69, 9.17) is 11.6 Å². The molecule has 1 unspecified atom stereocenters. The summed E-state index contributed by atoms with van der Waals surface area (Å²) >= 11 is 5.68. The average Bonchev–Trinajstić information content (AvgIpc) is 3.26. The molecule has 0 bridgehead atoms. The van der Waals surface area contributed by atoms with Crippen molar-refractivity contribution in [1.82, 2.24) is 0 Å². The molecule has 0 saturated heterocycles. The summed E-state index contributed by atoms with van der Waals surface area (Å²) in [6.07, 6.45) is 1.91. The second-order valence-electron chi connectivity index (χ2n) is 5.49. The molecular formula is C17H16ClFO. The van der Waals surface area contributed by atoms with Gasteiger partial charge in [-0.1, -0.05) is 48.0 Å². The molecule has 0 amide bonds. The van der Waals surface area contributed by atoms with E-state index >= 15 is 0 Å². The fraction of sp³-hybridized carbons (Fsp3) is 0.294. The summed E-state index contributed by atoms with van der Waals surface area (Å²) in [5.41, 5.74) is 1.79. The number of rotatable bonds is 4. The molecule has 0 radical (unpaired) electrons. The highest BCUT2D eigenvalue weighted by Crippen LogP contribution is 2.51. The third-order valence-electron chi connectivity index (χ3n) is 4.19. The quantitative estimate of drug-likeness (QED) is 0.898. The van der Waals surface area contributed by atoms with E-state index in [1.165, 1.54) is 11.6 Å². The highest BCUT2D eigenvalue weighted by atomic mass is 35.5. The van der Waals surface area contributed by atoms with Crippen LogP contribution in [0.5, 0.6) is 0 Å². The molecule has 104 valence electrons. The molecule has 1 aliphatic rings. The number of hydrogen-bond donors (Lipinski definition) is 1. The first-order valence-corrected chi connectivity index (χ1v) is 7.17. The monoisotopic (exact) mass is 290 g/mol.